The van der Waals surface area contributed by atoms with Gasteiger partial charge in [-0.15, -0.1) is 0 Å². The van der Waals surface area contributed by atoms with E-state index in [0.717, 1.165) is 14.0 Å². The van der Waals surface area contributed by atoms with Gasteiger partial charge in [-0.1, -0.05) is 18.2 Å². The minimum absolute atomic E-state index is 0.131. The van der Waals surface area contributed by atoms with Crippen molar-refractivity contribution in [3.63, 3.8) is 0 Å². The maximum atomic E-state index is 14.3. The summed E-state index contributed by atoms with van der Waals surface area (Å²) in [6.45, 7) is -0.340. The van der Waals surface area contributed by atoms with Crippen molar-refractivity contribution >= 4 is 17.8 Å². The number of nitrogen functional groups attached to an aromatic ring is 1. The van der Waals surface area contributed by atoms with E-state index in [1.54, 1.807) is 13.1 Å². The molecule has 3 fully saturated rings. The molecule has 2 aromatic rings. The Morgan fingerprint density at radius 1 is 1.14 bits per heavy atom. The van der Waals surface area contributed by atoms with Crippen LogP contribution in [0.5, 0.6) is 5.88 Å². The van der Waals surface area contributed by atoms with Crippen LogP contribution in [0.2, 0.25) is 0 Å². The summed E-state index contributed by atoms with van der Waals surface area (Å²) < 4.78 is 16.2. The standard InChI is InChI=1S/C25H29FN6O5/c1-29-21(35)25(30(2)22(29)36)12-24(13-25)9-7-15(8-10-24)32-20(34)17(18(27)28)19(33)31(23(32)37)11-14-5-3-4-6-16(14)26/h3-6,15,33H,7-13H2,1-2H3,(H3,27,28). The molecule has 3 amide bonds. The van der Waals surface area contributed by atoms with Crippen molar-refractivity contribution in [2.75, 3.05) is 14.1 Å². The van der Waals surface area contributed by atoms with Gasteiger partial charge in [0.2, 0.25) is 5.88 Å². The first-order valence-corrected chi connectivity index (χ1v) is 12.1. The van der Waals surface area contributed by atoms with Crippen LogP contribution in [0.4, 0.5) is 9.18 Å². The van der Waals surface area contributed by atoms with Gasteiger partial charge in [-0.2, -0.15) is 0 Å². The molecule has 2 saturated carbocycles. The number of aromatic hydroxyl groups is 1. The molecule has 2 heterocycles. The monoisotopic (exact) mass is 512 g/mol. The van der Waals surface area contributed by atoms with Crippen LogP contribution in [0, 0.1) is 16.6 Å². The molecule has 2 aliphatic carbocycles. The smallest absolute Gasteiger partial charge is 0.334 e. The Bertz CT molecular complexity index is 1450. The fourth-order valence-corrected chi connectivity index (χ4v) is 6.51. The molecule has 4 N–H and O–H groups in total. The first-order valence-electron chi connectivity index (χ1n) is 12.1. The lowest BCUT2D eigenvalue weighted by Crippen LogP contribution is -2.63. The molecule has 0 unspecified atom stereocenters. The molecule has 2 spiro atoms. The maximum Gasteiger partial charge on any atom is 0.334 e. The summed E-state index contributed by atoms with van der Waals surface area (Å²) >= 11 is 0. The van der Waals surface area contributed by atoms with Gasteiger partial charge in [-0.25, -0.2) is 14.0 Å². The third kappa shape index (κ3) is 3.49. The minimum atomic E-state index is -0.858. The Kier molecular flexibility index (Phi) is 5.54. The summed E-state index contributed by atoms with van der Waals surface area (Å²) in [7, 11) is 3.12. The molecule has 0 atom stereocenters. The van der Waals surface area contributed by atoms with Gasteiger partial charge in [0, 0.05) is 25.7 Å². The number of urea groups is 1. The molecular weight excluding hydrogens is 483 g/mol. The predicted molar refractivity (Wildman–Crippen MR) is 131 cm³/mol. The highest BCUT2D eigenvalue weighted by Crippen LogP contribution is 2.61. The zero-order chi connectivity index (χ0) is 26.9. The fourth-order valence-electron chi connectivity index (χ4n) is 6.51. The molecule has 12 heteroatoms. The summed E-state index contributed by atoms with van der Waals surface area (Å²) in [6.07, 6.45) is 3.23. The van der Waals surface area contributed by atoms with E-state index in [9.17, 15) is 28.7 Å². The summed E-state index contributed by atoms with van der Waals surface area (Å²) in [6, 6.07) is 4.93. The van der Waals surface area contributed by atoms with Crippen molar-refractivity contribution in [2.45, 2.75) is 56.7 Å². The lowest BCUT2D eigenvalue weighted by atomic mass is 9.51. The Balaban J connectivity index is 1.44. The number of hydrogen-bond donors (Lipinski definition) is 3. The number of nitrogens with zero attached hydrogens (tertiary/aromatic N) is 4. The molecule has 11 nitrogen and oxygen atoms in total. The highest BCUT2D eigenvalue weighted by Gasteiger charge is 2.66. The predicted octanol–water partition coefficient (Wildman–Crippen LogP) is 1.34. The molecular formula is C25H29FN6O5. The number of hydrogen-bond acceptors (Lipinski definition) is 6. The van der Waals surface area contributed by atoms with Crippen LogP contribution in [0.1, 0.15) is 55.7 Å². The quantitative estimate of drug-likeness (QED) is 0.319. The van der Waals surface area contributed by atoms with Crippen molar-refractivity contribution in [1.29, 1.82) is 5.41 Å². The number of carbonyl (C=O) groups excluding carboxylic acids is 2. The van der Waals surface area contributed by atoms with Crippen LogP contribution in [0.25, 0.3) is 0 Å². The second-order valence-corrected chi connectivity index (χ2v) is 10.6. The van der Waals surface area contributed by atoms with Gasteiger partial charge in [0.15, 0.2) is 0 Å². The Labute approximate surface area is 211 Å². The van der Waals surface area contributed by atoms with E-state index in [4.69, 9.17) is 11.1 Å². The van der Waals surface area contributed by atoms with E-state index < -0.39 is 45.9 Å². The molecule has 1 aliphatic heterocycles. The topological polar surface area (TPSA) is 155 Å². The summed E-state index contributed by atoms with van der Waals surface area (Å²) in [5.41, 5.74) is 2.55. The number of nitrogens with one attached hydrogen (secondary N) is 1. The average molecular weight is 513 g/mol. The third-order valence-corrected chi connectivity index (χ3v) is 8.54. The average Bonchev–Trinajstić information content (AvgIpc) is 2.99. The number of benzene rings is 1. The number of halogens is 1. The number of amidine groups is 1. The van der Waals surface area contributed by atoms with Crippen LogP contribution in [0.3, 0.4) is 0 Å². The van der Waals surface area contributed by atoms with E-state index in [-0.39, 0.29) is 29.5 Å². The van der Waals surface area contributed by atoms with E-state index in [2.05, 4.69) is 0 Å². The molecule has 1 aromatic heterocycles. The van der Waals surface area contributed by atoms with Crippen molar-refractivity contribution < 1.29 is 19.1 Å². The molecule has 0 radical (unpaired) electrons. The van der Waals surface area contributed by atoms with Crippen LogP contribution in [-0.2, 0) is 11.3 Å². The van der Waals surface area contributed by atoms with E-state index in [0.29, 0.717) is 38.5 Å². The van der Waals surface area contributed by atoms with Crippen molar-refractivity contribution in [2.24, 2.45) is 11.1 Å². The zero-order valence-electron chi connectivity index (χ0n) is 20.7. The van der Waals surface area contributed by atoms with Crippen LogP contribution in [0.15, 0.2) is 33.9 Å². The third-order valence-electron chi connectivity index (χ3n) is 8.54. The Morgan fingerprint density at radius 2 is 1.76 bits per heavy atom. The molecule has 196 valence electrons. The van der Waals surface area contributed by atoms with Crippen molar-refractivity contribution in [3.05, 3.63) is 62.0 Å². The van der Waals surface area contributed by atoms with Crippen LogP contribution in [-0.4, -0.2) is 61.4 Å². The van der Waals surface area contributed by atoms with Crippen molar-refractivity contribution in [3.8, 4) is 5.88 Å². The van der Waals surface area contributed by atoms with Gasteiger partial charge >= 0.3 is 11.7 Å². The van der Waals surface area contributed by atoms with Crippen molar-refractivity contribution in [1.82, 2.24) is 18.9 Å². The normalized spacial score (nSPS) is 27.3. The molecule has 37 heavy (non-hydrogen) atoms. The number of carbonyl (C=O) groups is 2. The van der Waals surface area contributed by atoms with Gasteiger partial charge in [-0.3, -0.25) is 29.0 Å². The molecule has 5 rings (SSSR count). The highest BCUT2D eigenvalue weighted by molar-refractivity contribution is 6.07. The molecule has 1 saturated heterocycles. The molecule has 3 aliphatic rings. The first-order chi connectivity index (χ1) is 17.4. The second kappa shape index (κ2) is 8.29. The molecule has 0 bridgehead atoms. The summed E-state index contributed by atoms with van der Waals surface area (Å²) in [5, 5.41) is 18.5. The largest absolute Gasteiger partial charge is 0.494 e. The van der Waals surface area contributed by atoms with Gasteiger partial charge in [0.1, 0.15) is 22.8 Å². The van der Waals surface area contributed by atoms with E-state index >= 15 is 0 Å². The number of aromatic nitrogens is 2. The summed E-state index contributed by atoms with van der Waals surface area (Å²) in [5.74, 6) is -2.25. The molecule has 1 aromatic carbocycles. The highest BCUT2D eigenvalue weighted by atomic mass is 19.1. The van der Waals surface area contributed by atoms with Gasteiger partial charge in [0.25, 0.3) is 11.5 Å². The first kappa shape index (κ1) is 24.7. The van der Waals surface area contributed by atoms with E-state index in [1.165, 1.54) is 30.1 Å². The van der Waals surface area contributed by atoms with E-state index in [1.807, 2.05) is 0 Å². The lowest BCUT2D eigenvalue weighted by molar-refractivity contribution is -0.148. The number of amides is 3. The zero-order valence-corrected chi connectivity index (χ0v) is 20.7. The number of likely N-dealkylation sites (N-methyl/N-ethyl adjacent to an activating group) is 2. The Morgan fingerprint density at radius 3 is 2.30 bits per heavy atom. The van der Waals surface area contributed by atoms with Gasteiger partial charge in [-0.05, 0) is 50.0 Å². The second-order valence-electron chi connectivity index (χ2n) is 10.6. The Hall–Kier alpha value is -3.96. The van der Waals surface area contributed by atoms with Gasteiger partial charge < -0.3 is 15.7 Å². The number of nitrogens with two attached hydrogens (primary N) is 1. The SMILES string of the molecule is CN1C(=O)N(C)C2(CC3(CCC(n4c(=O)c(C(=N)N)c(O)n(Cc5ccccc5F)c4=O)CC3)C2)C1=O. The van der Waals surface area contributed by atoms with Crippen LogP contribution < -0.4 is 17.0 Å². The number of imide groups is 1. The minimum Gasteiger partial charge on any atom is -0.494 e. The lowest BCUT2D eigenvalue weighted by Gasteiger charge is -2.57. The maximum absolute atomic E-state index is 14.3. The van der Waals surface area contributed by atoms with Crippen LogP contribution >= 0.6 is 0 Å². The van der Waals surface area contributed by atoms with Gasteiger partial charge in [0.05, 0.1) is 6.54 Å². The summed E-state index contributed by atoms with van der Waals surface area (Å²) in [4.78, 5) is 54.4. The number of rotatable bonds is 4. The fraction of sp³-hybridized carbons (Fsp3) is 0.480.